The van der Waals surface area contributed by atoms with Gasteiger partial charge in [0.2, 0.25) is 0 Å². The number of carbonyl (C=O) groups is 2. The summed E-state index contributed by atoms with van der Waals surface area (Å²) in [5.41, 5.74) is 6.29. The maximum Gasteiger partial charge on any atom is 0.278 e. The number of carbonyl (C=O) groups excluding carboxylic acids is 2. The van der Waals surface area contributed by atoms with Crippen LogP contribution in [0.4, 0.5) is 17.2 Å². The molecule has 138 valence electrons. The fourth-order valence-corrected chi connectivity index (χ4v) is 3.69. The monoisotopic (exact) mass is 441 g/mol. The van der Waals surface area contributed by atoms with Crippen LogP contribution in [0.15, 0.2) is 35.8 Å². The first-order valence-electron chi connectivity index (χ1n) is 7.28. The van der Waals surface area contributed by atoms with Crippen LogP contribution in [0, 0.1) is 0 Å². The van der Waals surface area contributed by atoms with Crippen molar-refractivity contribution in [3.8, 4) is 0 Å². The van der Waals surface area contributed by atoms with Crippen molar-refractivity contribution in [3.63, 3.8) is 0 Å². The molecule has 2 aromatic heterocycles. The van der Waals surface area contributed by atoms with Gasteiger partial charge in [-0.25, -0.2) is 4.98 Å². The van der Waals surface area contributed by atoms with E-state index in [2.05, 4.69) is 20.0 Å². The van der Waals surface area contributed by atoms with Gasteiger partial charge in [0, 0.05) is 10.4 Å². The van der Waals surface area contributed by atoms with Gasteiger partial charge in [-0.05, 0) is 35.8 Å². The molecule has 4 N–H and O–H groups in total. The van der Waals surface area contributed by atoms with Crippen molar-refractivity contribution in [1.29, 1.82) is 0 Å². The number of rotatable bonds is 4. The Morgan fingerprint density at radius 1 is 1.04 bits per heavy atom. The molecule has 0 saturated heterocycles. The van der Waals surface area contributed by atoms with Gasteiger partial charge in [0.25, 0.3) is 11.8 Å². The Morgan fingerprint density at radius 3 is 2.37 bits per heavy atom. The molecule has 0 aliphatic rings. The number of nitrogens with one attached hydrogen (secondary N) is 2. The number of pyridine rings is 1. The van der Waals surface area contributed by atoms with E-state index in [1.807, 2.05) is 0 Å². The summed E-state index contributed by atoms with van der Waals surface area (Å²) in [4.78, 5) is 28.9. The van der Waals surface area contributed by atoms with E-state index in [0.717, 1.165) is 11.5 Å². The molecule has 1 aromatic carbocycles. The molecular formula is C16H10Cl3N5O2S. The van der Waals surface area contributed by atoms with Crippen LogP contribution in [0.1, 0.15) is 20.8 Å². The lowest BCUT2D eigenvalue weighted by molar-refractivity contribution is 0.102. The van der Waals surface area contributed by atoms with E-state index in [4.69, 9.17) is 40.5 Å². The molecular weight excluding hydrogens is 433 g/mol. The summed E-state index contributed by atoms with van der Waals surface area (Å²) in [5, 5.41) is 7.14. The predicted octanol–water partition coefficient (Wildman–Crippen LogP) is 4.59. The molecule has 0 radical (unpaired) electrons. The van der Waals surface area contributed by atoms with E-state index in [9.17, 15) is 9.59 Å². The van der Waals surface area contributed by atoms with Crippen molar-refractivity contribution in [2.75, 3.05) is 16.4 Å². The van der Waals surface area contributed by atoms with Crippen LogP contribution in [-0.4, -0.2) is 21.2 Å². The lowest BCUT2D eigenvalue weighted by atomic mass is 10.2. The third-order valence-electron chi connectivity index (χ3n) is 3.29. The molecule has 0 fully saturated rings. The largest absolute Gasteiger partial charge is 0.397 e. The minimum atomic E-state index is -0.596. The second-order valence-electron chi connectivity index (χ2n) is 5.21. The zero-order valence-electron chi connectivity index (χ0n) is 13.3. The number of nitrogen functional groups attached to an aromatic ring is 1. The second kappa shape index (κ2) is 8.10. The van der Waals surface area contributed by atoms with Crippen molar-refractivity contribution in [1.82, 2.24) is 9.36 Å². The SMILES string of the molecule is Nc1ccc(NC(=O)c2nscc2NC(=O)c2c(Cl)cc(Cl)cc2Cl)nc1. The molecule has 2 amide bonds. The zero-order chi connectivity index (χ0) is 19.6. The summed E-state index contributed by atoms with van der Waals surface area (Å²) in [6, 6.07) is 5.94. The number of aromatic nitrogens is 2. The normalized spacial score (nSPS) is 10.5. The Bertz CT molecular complexity index is 1000. The first-order valence-corrected chi connectivity index (χ1v) is 9.25. The lowest BCUT2D eigenvalue weighted by Gasteiger charge is -2.09. The fourth-order valence-electron chi connectivity index (χ4n) is 2.09. The number of hydrogen-bond acceptors (Lipinski definition) is 6. The van der Waals surface area contributed by atoms with Gasteiger partial charge in [-0.3, -0.25) is 9.59 Å². The van der Waals surface area contributed by atoms with Crippen LogP contribution in [0.5, 0.6) is 0 Å². The first kappa shape index (κ1) is 19.4. The first-order chi connectivity index (χ1) is 12.8. The molecule has 0 unspecified atom stereocenters. The Kier molecular flexibility index (Phi) is 5.81. The maximum atomic E-state index is 12.5. The summed E-state index contributed by atoms with van der Waals surface area (Å²) < 4.78 is 4.01. The smallest absolute Gasteiger partial charge is 0.278 e. The van der Waals surface area contributed by atoms with Crippen LogP contribution in [-0.2, 0) is 0 Å². The van der Waals surface area contributed by atoms with E-state index in [0.29, 0.717) is 16.5 Å². The van der Waals surface area contributed by atoms with Crippen LogP contribution < -0.4 is 16.4 Å². The minimum Gasteiger partial charge on any atom is -0.397 e. The molecule has 3 rings (SSSR count). The number of nitrogens with zero attached hydrogens (tertiary/aromatic N) is 2. The Morgan fingerprint density at radius 2 is 1.74 bits per heavy atom. The number of benzene rings is 1. The van der Waals surface area contributed by atoms with Crippen LogP contribution in [0.3, 0.4) is 0 Å². The summed E-state index contributed by atoms with van der Waals surface area (Å²) in [6.45, 7) is 0. The molecule has 0 saturated carbocycles. The van der Waals surface area contributed by atoms with Crippen LogP contribution in [0.25, 0.3) is 0 Å². The Labute approximate surface area is 172 Å². The third-order valence-corrected chi connectivity index (χ3v) is 4.74. The topological polar surface area (TPSA) is 110 Å². The van der Waals surface area contributed by atoms with Crippen LogP contribution in [0.2, 0.25) is 15.1 Å². The number of anilines is 3. The van der Waals surface area contributed by atoms with Crippen molar-refractivity contribution in [2.45, 2.75) is 0 Å². The molecule has 3 aromatic rings. The fraction of sp³-hybridized carbons (Fsp3) is 0. The van der Waals surface area contributed by atoms with Gasteiger partial charge in [0.1, 0.15) is 5.82 Å². The average molecular weight is 443 g/mol. The molecule has 2 heterocycles. The number of nitrogens with two attached hydrogens (primary N) is 1. The third kappa shape index (κ3) is 4.48. The van der Waals surface area contributed by atoms with Gasteiger partial charge >= 0.3 is 0 Å². The molecule has 0 aliphatic carbocycles. The zero-order valence-corrected chi connectivity index (χ0v) is 16.4. The highest BCUT2D eigenvalue weighted by Gasteiger charge is 2.21. The molecule has 0 spiro atoms. The summed E-state index contributed by atoms with van der Waals surface area (Å²) in [5.74, 6) is -0.845. The van der Waals surface area contributed by atoms with Gasteiger partial charge in [-0.1, -0.05) is 34.8 Å². The van der Waals surface area contributed by atoms with Gasteiger partial charge in [-0.15, -0.1) is 0 Å². The molecule has 11 heteroatoms. The van der Waals surface area contributed by atoms with Crippen molar-refractivity contribution >= 4 is 75.3 Å². The summed E-state index contributed by atoms with van der Waals surface area (Å²) >= 11 is 19.0. The Balaban J connectivity index is 1.80. The Hall–Kier alpha value is -2.39. The maximum absolute atomic E-state index is 12.5. The van der Waals surface area contributed by atoms with E-state index in [-0.39, 0.29) is 27.0 Å². The summed E-state index contributed by atoms with van der Waals surface area (Å²) in [7, 11) is 0. The molecule has 0 bridgehead atoms. The standard InChI is InChI=1S/C16H10Cl3N5O2S/c17-7-3-9(18)13(10(19)4-7)15(25)22-11-6-27-24-14(11)16(26)23-12-2-1-8(20)5-21-12/h1-6H,20H2,(H,22,25)(H,21,23,26). The molecule has 0 atom stereocenters. The molecule has 27 heavy (non-hydrogen) atoms. The van der Waals surface area contributed by atoms with E-state index < -0.39 is 11.8 Å². The summed E-state index contributed by atoms with van der Waals surface area (Å²) in [6.07, 6.45) is 1.41. The van der Waals surface area contributed by atoms with Gasteiger partial charge in [0.15, 0.2) is 5.69 Å². The van der Waals surface area contributed by atoms with Crippen LogP contribution >= 0.6 is 46.3 Å². The predicted molar refractivity (Wildman–Crippen MR) is 108 cm³/mol. The van der Waals surface area contributed by atoms with Gasteiger partial charge in [0.05, 0.1) is 33.2 Å². The van der Waals surface area contributed by atoms with Gasteiger partial charge < -0.3 is 16.4 Å². The average Bonchev–Trinajstić information content (AvgIpc) is 3.04. The van der Waals surface area contributed by atoms with E-state index in [1.165, 1.54) is 23.7 Å². The van der Waals surface area contributed by atoms with E-state index >= 15 is 0 Å². The van der Waals surface area contributed by atoms with Crippen molar-refractivity contribution < 1.29 is 9.59 Å². The minimum absolute atomic E-state index is 0.0215. The van der Waals surface area contributed by atoms with E-state index in [1.54, 1.807) is 12.1 Å². The highest BCUT2D eigenvalue weighted by atomic mass is 35.5. The second-order valence-corrected chi connectivity index (χ2v) is 7.09. The highest BCUT2D eigenvalue weighted by molar-refractivity contribution is 7.04. The molecule has 0 aliphatic heterocycles. The highest BCUT2D eigenvalue weighted by Crippen LogP contribution is 2.30. The molecule has 7 nitrogen and oxygen atoms in total. The van der Waals surface area contributed by atoms with Gasteiger partial charge in [-0.2, -0.15) is 4.37 Å². The number of hydrogen-bond donors (Lipinski definition) is 3. The quantitative estimate of drug-likeness (QED) is 0.547. The number of amides is 2. The lowest BCUT2D eigenvalue weighted by Crippen LogP contribution is -2.18. The van der Waals surface area contributed by atoms with Crippen molar-refractivity contribution in [3.05, 3.63) is 62.2 Å². The van der Waals surface area contributed by atoms with Crippen molar-refractivity contribution in [2.24, 2.45) is 0 Å². The number of halogens is 3.